The number of benzene rings is 1. The average molecular weight is 376 g/mol. The first-order valence-electron chi connectivity index (χ1n) is 7.90. The van der Waals surface area contributed by atoms with Crippen LogP contribution in [0.25, 0.3) is 22.3 Å². The van der Waals surface area contributed by atoms with Gasteiger partial charge in [-0.05, 0) is 11.4 Å². The molecule has 3 heterocycles. The molecular formula is C18H12N6O2S. The zero-order valence-electron chi connectivity index (χ0n) is 13.8. The Morgan fingerprint density at radius 2 is 2.04 bits per heavy atom. The maximum Gasteiger partial charge on any atom is 0.292 e. The second-order valence-corrected chi connectivity index (χ2v) is 6.42. The molecule has 0 aliphatic heterocycles. The van der Waals surface area contributed by atoms with Crippen molar-refractivity contribution >= 4 is 34.4 Å². The molecule has 132 valence electrons. The number of nitrogens with zero attached hydrogens (tertiary/aromatic N) is 4. The Kier molecular flexibility index (Phi) is 4.50. The van der Waals surface area contributed by atoms with E-state index in [0.29, 0.717) is 5.82 Å². The van der Waals surface area contributed by atoms with Gasteiger partial charge in [-0.1, -0.05) is 36.4 Å². The van der Waals surface area contributed by atoms with E-state index in [2.05, 4.69) is 30.7 Å². The number of H-pyrrole nitrogens is 1. The lowest BCUT2D eigenvalue weighted by Gasteiger charge is -2.05. The fourth-order valence-electron chi connectivity index (χ4n) is 2.42. The quantitative estimate of drug-likeness (QED) is 0.419. The van der Waals surface area contributed by atoms with Crippen molar-refractivity contribution in [3.05, 3.63) is 75.0 Å². The molecule has 0 radical (unpaired) electrons. The first-order chi connectivity index (χ1) is 13.2. The summed E-state index contributed by atoms with van der Waals surface area (Å²) in [6.45, 7) is 0. The van der Waals surface area contributed by atoms with E-state index in [4.69, 9.17) is 0 Å². The van der Waals surface area contributed by atoms with Gasteiger partial charge in [0.25, 0.3) is 11.5 Å². The van der Waals surface area contributed by atoms with Gasteiger partial charge in [0.05, 0.1) is 11.6 Å². The summed E-state index contributed by atoms with van der Waals surface area (Å²) in [6, 6.07) is 13.0. The second-order valence-electron chi connectivity index (χ2n) is 5.44. The Morgan fingerprint density at radius 1 is 1.19 bits per heavy atom. The predicted molar refractivity (Wildman–Crippen MR) is 103 cm³/mol. The standard InChI is InChI=1S/C18H12N6O2S/c25-17-14-13(10-19-16(21-14)11-5-2-1-3-6-11)15(22-24-17)18(26)23-20-9-12-7-4-8-27-12/h1-10H,(H,23,26)(H,24,25)/b20-9+. The van der Waals surface area contributed by atoms with Crippen LogP contribution in [0.4, 0.5) is 0 Å². The predicted octanol–water partition coefficient (Wildman–Crippen LogP) is 2.21. The van der Waals surface area contributed by atoms with Crippen LogP contribution in [0.15, 0.2) is 63.9 Å². The Morgan fingerprint density at radius 3 is 2.81 bits per heavy atom. The largest absolute Gasteiger partial charge is 0.292 e. The fraction of sp³-hybridized carbons (Fsp3) is 0. The van der Waals surface area contributed by atoms with Gasteiger partial charge in [0, 0.05) is 16.6 Å². The lowest BCUT2D eigenvalue weighted by Crippen LogP contribution is -2.23. The lowest BCUT2D eigenvalue weighted by molar-refractivity contribution is 0.0951. The molecule has 0 aliphatic rings. The molecule has 2 N–H and O–H groups in total. The van der Waals surface area contributed by atoms with Crippen LogP contribution in [-0.2, 0) is 0 Å². The van der Waals surface area contributed by atoms with Gasteiger partial charge in [-0.15, -0.1) is 11.3 Å². The van der Waals surface area contributed by atoms with Crippen LogP contribution < -0.4 is 11.0 Å². The van der Waals surface area contributed by atoms with E-state index in [0.717, 1.165) is 10.4 Å². The van der Waals surface area contributed by atoms with E-state index in [1.165, 1.54) is 23.7 Å². The molecule has 4 aromatic rings. The fourth-order valence-corrected chi connectivity index (χ4v) is 3.00. The number of amides is 1. The topological polar surface area (TPSA) is 113 Å². The maximum absolute atomic E-state index is 12.4. The van der Waals surface area contributed by atoms with Crippen molar-refractivity contribution in [1.29, 1.82) is 0 Å². The minimum absolute atomic E-state index is 0.00691. The van der Waals surface area contributed by atoms with Crippen molar-refractivity contribution in [3.63, 3.8) is 0 Å². The summed E-state index contributed by atoms with van der Waals surface area (Å²) < 4.78 is 0. The third-order valence-corrected chi connectivity index (χ3v) is 4.48. The average Bonchev–Trinajstić information content (AvgIpc) is 3.22. The molecular weight excluding hydrogens is 364 g/mol. The highest BCUT2D eigenvalue weighted by Gasteiger charge is 2.16. The third kappa shape index (κ3) is 3.48. The summed E-state index contributed by atoms with van der Waals surface area (Å²) in [5.74, 6) is -0.179. The molecule has 0 atom stereocenters. The summed E-state index contributed by atoms with van der Waals surface area (Å²) in [4.78, 5) is 34.0. The molecule has 1 amide bonds. The number of nitrogens with one attached hydrogen (secondary N) is 2. The number of thiophene rings is 1. The van der Waals surface area contributed by atoms with Crippen molar-refractivity contribution in [2.75, 3.05) is 0 Å². The van der Waals surface area contributed by atoms with Crippen LogP contribution in [-0.4, -0.2) is 32.3 Å². The summed E-state index contributed by atoms with van der Waals surface area (Å²) in [5, 5.41) is 12.2. The third-order valence-electron chi connectivity index (χ3n) is 3.68. The van der Waals surface area contributed by atoms with Gasteiger partial charge in [-0.3, -0.25) is 9.59 Å². The zero-order chi connectivity index (χ0) is 18.6. The van der Waals surface area contributed by atoms with Gasteiger partial charge in [-0.25, -0.2) is 20.5 Å². The SMILES string of the molecule is O=C(N/N=C/c1cccs1)c1n[nH]c(=O)c2nc(-c3ccccc3)ncc12. The number of rotatable bonds is 4. The number of aromatic nitrogens is 4. The van der Waals surface area contributed by atoms with Gasteiger partial charge in [-0.2, -0.15) is 10.2 Å². The highest BCUT2D eigenvalue weighted by atomic mass is 32.1. The summed E-state index contributed by atoms with van der Waals surface area (Å²) in [6.07, 6.45) is 2.95. The molecule has 0 saturated heterocycles. The van der Waals surface area contributed by atoms with E-state index < -0.39 is 11.5 Å². The summed E-state index contributed by atoms with van der Waals surface area (Å²) in [5.41, 5.74) is 2.74. The first kappa shape index (κ1) is 16.7. The number of fused-ring (bicyclic) bond motifs is 1. The number of carbonyl (C=O) groups is 1. The van der Waals surface area contributed by atoms with Gasteiger partial charge >= 0.3 is 0 Å². The maximum atomic E-state index is 12.4. The van der Waals surface area contributed by atoms with E-state index in [1.807, 2.05) is 47.8 Å². The van der Waals surface area contributed by atoms with Gasteiger partial charge in [0.1, 0.15) is 5.52 Å². The first-order valence-corrected chi connectivity index (χ1v) is 8.78. The Hall–Kier alpha value is -3.72. The van der Waals surface area contributed by atoms with Gasteiger partial charge < -0.3 is 0 Å². The molecule has 27 heavy (non-hydrogen) atoms. The number of hydrogen-bond donors (Lipinski definition) is 2. The normalized spacial score (nSPS) is 11.1. The van der Waals surface area contributed by atoms with Crippen molar-refractivity contribution in [3.8, 4) is 11.4 Å². The van der Waals surface area contributed by atoms with Crippen LogP contribution in [0.5, 0.6) is 0 Å². The minimum Gasteiger partial charge on any atom is -0.266 e. The van der Waals surface area contributed by atoms with Crippen molar-refractivity contribution in [2.24, 2.45) is 5.10 Å². The van der Waals surface area contributed by atoms with E-state index in [9.17, 15) is 9.59 Å². The van der Waals surface area contributed by atoms with Gasteiger partial charge in [0.2, 0.25) is 0 Å². The molecule has 0 fully saturated rings. The lowest BCUT2D eigenvalue weighted by atomic mass is 10.2. The smallest absolute Gasteiger partial charge is 0.266 e. The highest BCUT2D eigenvalue weighted by molar-refractivity contribution is 7.11. The van der Waals surface area contributed by atoms with Crippen LogP contribution in [0, 0.1) is 0 Å². The van der Waals surface area contributed by atoms with Crippen LogP contribution in [0.1, 0.15) is 15.4 Å². The monoisotopic (exact) mass is 376 g/mol. The summed E-state index contributed by atoms with van der Waals surface area (Å²) in [7, 11) is 0. The zero-order valence-corrected chi connectivity index (χ0v) is 14.6. The summed E-state index contributed by atoms with van der Waals surface area (Å²) >= 11 is 1.49. The highest BCUT2D eigenvalue weighted by Crippen LogP contribution is 2.17. The van der Waals surface area contributed by atoms with Crippen molar-refractivity contribution < 1.29 is 4.79 Å². The molecule has 9 heteroatoms. The Balaban J connectivity index is 1.68. The molecule has 0 aliphatic carbocycles. The van der Waals surface area contributed by atoms with E-state index >= 15 is 0 Å². The molecule has 1 aromatic carbocycles. The van der Waals surface area contributed by atoms with E-state index in [1.54, 1.807) is 0 Å². The molecule has 4 rings (SSSR count). The van der Waals surface area contributed by atoms with Crippen LogP contribution in [0.3, 0.4) is 0 Å². The molecule has 0 spiro atoms. The Bertz CT molecular complexity index is 1190. The second kappa shape index (κ2) is 7.26. The number of hydrazone groups is 1. The number of carbonyl (C=O) groups excluding carboxylic acids is 1. The minimum atomic E-state index is -0.569. The molecule has 0 saturated carbocycles. The molecule has 8 nitrogen and oxygen atoms in total. The molecule has 3 aromatic heterocycles. The molecule has 0 bridgehead atoms. The number of aromatic amines is 1. The van der Waals surface area contributed by atoms with Gasteiger partial charge in [0.15, 0.2) is 11.5 Å². The number of hydrogen-bond acceptors (Lipinski definition) is 7. The Labute approximate surface area is 156 Å². The van der Waals surface area contributed by atoms with Crippen LogP contribution >= 0.6 is 11.3 Å². The van der Waals surface area contributed by atoms with E-state index in [-0.39, 0.29) is 16.6 Å². The molecule has 0 unspecified atom stereocenters. The van der Waals surface area contributed by atoms with Crippen molar-refractivity contribution in [2.45, 2.75) is 0 Å². The van der Waals surface area contributed by atoms with Crippen LogP contribution in [0.2, 0.25) is 0 Å². The van der Waals surface area contributed by atoms with Crippen molar-refractivity contribution in [1.82, 2.24) is 25.6 Å².